The van der Waals surface area contributed by atoms with Gasteiger partial charge in [-0.2, -0.15) is 14.9 Å². The Morgan fingerprint density at radius 1 is 1.10 bits per heavy atom. The second kappa shape index (κ2) is 10.7. The number of nitrogen functional groups attached to an aromatic ring is 1. The fourth-order valence-electron chi connectivity index (χ4n) is 4.69. The summed E-state index contributed by atoms with van der Waals surface area (Å²) in [4.78, 5) is 26.9. The predicted molar refractivity (Wildman–Crippen MR) is 147 cm³/mol. The van der Waals surface area contributed by atoms with Crippen molar-refractivity contribution in [2.75, 3.05) is 17.2 Å². The molecule has 5 N–H and O–H groups in total. The SMILES string of the molecule is NC(=O)Cn1cc(/C=N/NC(=O)c2nnn(-c3nonc3N)c2CN2CCc3ccccc32)c(-c2ccccc2)n1. The van der Waals surface area contributed by atoms with Crippen LogP contribution in [0.5, 0.6) is 0 Å². The molecule has 1 aliphatic heterocycles. The van der Waals surface area contributed by atoms with Crippen LogP contribution in [0.2, 0.25) is 0 Å². The van der Waals surface area contributed by atoms with Crippen molar-refractivity contribution in [2.24, 2.45) is 10.8 Å². The van der Waals surface area contributed by atoms with Crippen LogP contribution in [0.4, 0.5) is 11.5 Å². The standard InChI is InChI=1S/C26H24N12O3/c27-21(39)15-37-13-18(22(32-37)17-7-2-1-3-8-17)12-29-31-26(40)23-20(38(35-30-23)25-24(28)33-41-34-25)14-36-11-10-16-6-4-5-9-19(16)36/h1-9,12-13H,10-11,14-15H2,(H2,27,39)(H2,28,33)(H,31,40)/b29-12+. The number of carbonyl (C=O) groups excluding carboxylic acids is 2. The van der Waals surface area contributed by atoms with Crippen molar-refractivity contribution >= 4 is 29.5 Å². The number of hydrogen-bond donors (Lipinski definition) is 3. The molecule has 0 saturated carbocycles. The van der Waals surface area contributed by atoms with Crippen molar-refractivity contribution in [3.8, 4) is 17.1 Å². The lowest BCUT2D eigenvalue weighted by Gasteiger charge is -2.19. The van der Waals surface area contributed by atoms with Gasteiger partial charge in [-0.1, -0.05) is 53.7 Å². The summed E-state index contributed by atoms with van der Waals surface area (Å²) in [5.41, 5.74) is 18.4. The fraction of sp³-hybridized carbons (Fsp3) is 0.154. The zero-order chi connectivity index (χ0) is 28.3. The minimum Gasteiger partial charge on any atom is -0.378 e. The first-order chi connectivity index (χ1) is 20.0. The van der Waals surface area contributed by atoms with Gasteiger partial charge in [0.25, 0.3) is 5.91 Å². The van der Waals surface area contributed by atoms with Crippen molar-refractivity contribution in [1.29, 1.82) is 0 Å². The first-order valence-corrected chi connectivity index (χ1v) is 12.6. The number of nitrogens with one attached hydrogen (secondary N) is 1. The number of nitrogens with zero attached hydrogens (tertiary/aromatic N) is 9. The molecule has 2 aromatic carbocycles. The van der Waals surface area contributed by atoms with Gasteiger partial charge in [-0.3, -0.25) is 14.3 Å². The normalized spacial score (nSPS) is 12.6. The van der Waals surface area contributed by atoms with Crippen molar-refractivity contribution in [3.63, 3.8) is 0 Å². The van der Waals surface area contributed by atoms with Crippen molar-refractivity contribution in [2.45, 2.75) is 19.5 Å². The Morgan fingerprint density at radius 2 is 1.90 bits per heavy atom. The molecule has 0 bridgehead atoms. The van der Waals surface area contributed by atoms with Gasteiger partial charge in [-0.05, 0) is 28.4 Å². The number of para-hydroxylation sites is 1. The van der Waals surface area contributed by atoms with Crippen molar-refractivity contribution < 1.29 is 14.2 Å². The third-order valence-electron chi connectivity index (χ3n) is 6.52. The summed E-state index contributed by atoms with van der Waals surface area (Å²) in [5, 5.41) is 24.3. The summed E-state index contributed by atoms with van der Waals surface area (Å²) in [5.74, 6) is -1.01. The van der Waals surface area contributed by atoms with Gasteiger partial charge >= 0.3 is 0 Å². The molecule has 0 radical (unpaired) electrons. The summed E-state index contributed by atoms with van der Waals surface area (Å²) < 4.78 is 7.51. The first-order valence-electron chi connectivity index (χ1n) is 12.6. The molecule has 0 unspecified atom stereocenters. The highest BCUT2D eigenvalue weighted by molar-refractivity contribution is 5.95. The van der Waals surface area contributed by atoms with E-state index in [0.29, 0.717) is 23.5 Å². The van der Waals surface area contributed by atoms with Gasteiger partial charge in [0.05, 0.1) is 18.5 Å². The van der Waals surface area contributed by atoms with Crippen LogP contribution in [0, 0.1) is 0 Å². The van der Waals surface area contributed by atoms with E-state index in [1.54, 1.807) is 6.20 Å². The minimum atomic E-state index is -0.601. The number of rotatable bonds is 9. The monoisotopic (exact) mass is 552 g/mol. The molecular weight excluding hydrogens is 528 g/mol. The number of aromatic nitrogens is 7. The molecule has 2 amide bonds. The Kier molecular flexibility index (Phi) is 6.65. The Morgan fingerprint density at radius 3 is 2.68 bits per heavy atom. The Bertz CT molecular complexity index is 1750. The predicted octanol–water partition coefficient (Wildman–Crippen LogP) is 0.908. The van der Waals surface area contributed by atoms with E-state index in [1.165, 1.54) is 21.1 Å². The van der Waals surface area contributed by atoms with Crippen molar-refractivity contribution in [1.82, 2.24) is 40.5 Å². The number of amides is 2. The molecule has 1 aliphatic rings. The topological polar surface area (TPSA) is 201 Å². The summed E-state index contributed by atoms with van der Waals surface area (Å²) in [6.45, 7) is 0.931. The molecule has 0 spiro atoms. The van der Waals surface area contributed by atoms with E-state index in [9.17, 15) is 9.59 Å². The molecule has 206 valence electrons. The van der Waals surface area contributed by atoms with Gasteiger partial charge in [0.2, 0.25) is 17.5 Å². The second-order valence-corrected chi connectivity index (χ2v) is 9.23. The summed E-state index contributed by atoms with van der Waals surface area (Å²) in [6.07, 6.45) is 3.92. The maximum Gasteiger partial charge on any atom is 0.293 e. The third kappa shape index (κ3) is 5.10. The summed E-state index contributed by atoms with van der Waals surface area (Å²) in [7, 11) is 0. The highest BCUT2D eigenvalue weighted by atomic mass is 16.6. The maximum atomic E-state index is 13.3. The number of benzene rings is 2. The largest absolute Gasteiger partial charge is 0.378 e. The van der Waals surface area contributed by atoms with Gasteiger partial charge < -0.3 is 16.4 Å². The van der Waals surface area contributed by atoms with Gasteiger partial charge in [0, 0.05) is 29.6 Å². The third-order valence-corrected chi connectivity index (χ3v) is 6.52. The lowest BCUT2D eigenvalue weighted by molar-refractivity contribution is -0.118. The van der Waals surface area contributed by atoms with E-state index in [-0.39, 0.29) is 23.9 Å². The number of carbonyl (C=O) groups is 2. The van der Waals surface area contributed by atoms with Gasteiger partial charge in [-0.25, -0.2) is 10.1 Å². The van der Waals surface area contributed by atoms with E-state index < -0.39 is 11.8 Å². The smallest absolute Gasteiger partial charge is 0.293 e. The Labute approximate surface area is 232 Å². The molecule has 15 heteroatoms. The highest BCUT2D eigenvalue weighted by Gasteiger charge is 2.28. The lowest BCUT2D eigenvalue weighted by atomic mass is 10.1. The van der Waals surface area contributed by atoms with Gasteiger partial charge in [-0.15, -0.1) is 5.10 Å². The maximum absolute atomic E-state index is 13.3. The van der Waals surface area contributed by atoms with Gasteiger partial charge in [0.1, 0.15) is 12.2 Å². The molecule has 3 aromatic heterocycles. The number of hydrazone groups is 1. The van der Waals surface area contributed by atoms with Crippen LogP contribution >= 0.6 is 0 Å². The molecule has 0 atom stereocenters. The molecular formula is C26H24N12O3. The van der Waals surface area contributed by atoms with E-state index in [4.69, 9.17) is 16.1 Å². The number of nitrogens with two attached hydrogens (primary N) is 2. The molecule has 0 saturated heterocycles. The molecule has 15 nitrogen and oxygen atoms in total. The molecule has 5 aromatic rings. The van der Waals surface area contributed by atoms with Crippen LogP contribution in [0.3, 0.4) is 0 Å². The minimum absolute atomic E-state index is 0.00404. The summed E-state index contributed by atoms with van der Waals surface area (Å²) >= 11 is 0. The van der Waals surface area contributed by atoms with E-state index >= 15 is 0 Å². The van der Waals surface area contributed by atoms with Gasteiger partial charge in [0.15, 0.2) is 5.69 Å². The van der Waals surface area contributed by atoms with Crippen LogP contribution < -0.4 is 21.8 Å². The zero-order valence-corrected chi connectivity index (χ0v) is 21.6. The van der Waals surface area contributed by atoms with Crippen LogP contribution in [0.1, 0.15) is 27.3 Å². The summed E-state index contributed by atoms with van der Waals surface area (Å²) in [6, 6.07) is 17.4. The lowest BCUT2D eigenvalue weighted by Crippen LogP contribution is -2.26. The van der Waals surface area contributed by atoms with E-state index in [1.807, 2.05) is 48.5 Å². The number of fused-ring (bicyclic) bond motifs is 1. The van der Waals surface area contributed by atoms with Crippen LogP contribution in [-0.4, -0.2) is 59.7 Å². The quantitative estimate of drug-likeness (QED) is 0.174. The van der Waals surface area contributed by atoms with Crippen LogP contribution in [-0.2, 0) is 24.3 Å². The van der Waals surface area contributed by atoms with Crippen LogP contribution in [0.25, 0.3) is 17.1 Å². The average Bonchev–Trinajstić information content (AvgIpc) is 3.76. The fourth-order valence-corrected chi connectivity index (χ4v) is 4.69. The molecule has 4 heterocycles. The van der Waals surface area contributed by atoms with Crippen LogP contribution in [0.15, 0.2) is 70.5 Å². The van der Waals surface area contributed by atoms with E-state index in [2.05, 4.69) is 47.2 Å². The zero-order valence-electron chi connectivity index (χ0n) is 21.6. The highest BCUT2D eigenvalue weighted by Crippen LogP contribution is 2.30. The average molecular weight is 553 g/mol. The number of anilines is 2. The van der Waals surface area contributed by atoms with E-state index in [0.717, 1.165) is 24.2 Å². The second-order valence-electron chi connectivity index (χ2n) is 9.23. The molecule has 0 aliphatic carbocycles. The Balaban J connectivity index is 1.28. The number of hydrogen-bond acceptors (Lipinski definition) is 11. The van der Waals surface area contributed by atoms with Crippen molar-refractivity contribution in [3.05, 3.63) is 83.3 Å². The molecule has 41 heavy (non-hydrogen) atoms. The first kappa shape index (κ1) is 25.4. The molecule has 6 rings (SSSR count). The molecule has 0 fully saturated rings. The number of primary amides is 1. The Hall–Kier alpha value is -5.86.